The van der Waals surface area contributed by atoms with Gasteiger partial charge in [-0.2, -0.15) is 0 Å². The zero-order valence-corrected chi connectivity index (χ0v) is 37.2. The van der Waals surface area contributed by atoms with Crippen LogP contribution in [0.5, 0.6) is 0 Å². The van der Waals surface area contributed by atoms with E-state index in [1.165, 1.54) is 70.3 Å². The molecule has 0 aliphatic heterocycles. The van der Waals surface area contributed by atoms with E-state index in [2.05, 4.69) is 188 Å². The van der Waals surface area contributed by atoms with Crippen molar-refractivity contribution in [3.8, 4) is 11.1 Å². The minimum Gasteiger partial charge on any atom is -0.135 e. The second-order valence-electron chi connectivity index (χ2n) is 12.8. The Morgan fingerprint density at radius 2 is 1.32 bits per heavy atom. The van der Waals surface area contributed by atoms with Crippen LogP contribution < -0.4 is 0 Å². The quantitative estimate of drug-likeness (QED) is 0.138. The monoisotopic (exact) mass is 758 g/mol. The molecule has 56 heavy (non-hydrogen) atoms. The summed E-state index contributed by atoms with van der Waals surface area (Å²) in [6.45, 7) is 32.9. The van der Waals surface area contributed by atoms with Crippen molar-refractivity contribution in [2.45, 2.75) is 83.1 Å². The van der Waals surface area contributed by atoms with E-state index in [9.17, 15) is 0 Å². The maximum atomic E-state index is 4.13. The Labute approximate surface area is 345 Å². The Morgan fingerprint density at radius 3 is 1.98 bits per heavy atom. The molecule has 5 aromatic rings. The Hall–Kier alpha value is -5.24. The normalized spacial score (nSPS) is 14.7. The molecule has 1 unspecified atom stereocenters. The first kappa shape index (κ1) is 46.9. The number of fused-ring (bicyclic) bond motifs is 3. The van der Waals surface area contributed by atoms with Crippen molar-refractivity contribution in [1.29, 1.82) is 0 Å². The number of aryl methyl sites for hydroxylation is 3. The number of hydrogen-bond donors (Lipinski definition) is 0. The first-order chi connectivity index (χ1) is 27.3. The van der Waals surface area contributed by atoms with Crippen LogP contribution in [0.25, 0.3) is 37.4 Å². The lowest BCUT2D eigenvalue weighted by molar-refractivity contribution is 0.869. The fraction of sp³-hybridized carbons (Fsp3) is 0.236. The van der Waals surface area contributed by atoms with Crippen molar-refractivity contribution in [2.75, 3.05) is 0 Å². The van der Waals surface area contributed by atoms with E-state index < -0.39 is 0 Å². The molecule has 1 atom stereocenters. The summed E-state index contributed by atoms with van der Waals surface area (Å²) >= 11 is 1.87. The molecule has 1 heterocycles. The summed E-state index contributed by atoms with van der Waals surface area (Å²) in [5, 5.41) is 2.78. The summed E-state index contributed by atoms with van der Waals surface area (Å²) in [4.78, 5) is 0. The van der Waals surface area contributed by atoms with E-state index >= 15 is 0 Å². The van der Waals surface area contributed by atoms with Gasteiger partial charge in [-0.25, -0.2) is 0 Å². The van der Waals surface area contributed by atoms with E-state index in [1.54, 1.807) is 0 Å². The van der Waals surface area contributed by atoms with Gasteiger partial charge in [-0.05, 0) is 127 Å². The van der Waals surface area contributed by atoms with Crippen LogP contribution in [-0.4, -0.2) is 0 Å². The number of benzene rings is 4. The first-order valence-corrected chi connectivity index (χ1v) is 21.2. The zero-order chi connectivity index (χ0) is 41.6. The van der Waals surface area contributed by atoms with Crippen LogP contribution in [0.2, 0.25) is 0 Å². The first-order valence-electron chi connectivity index (χ1n) is 20.4. The molecule has 0 radical (unpaired) electrons. The number of allylic oxidation sites excluding steroid dienone is 15. The molecule has 0 N–H and O–H groups in total. The summed E-state index contributed by atoms with van der Waals surface area (Å²) < 4.78 is 2.77. The lowest BCUT2D eigenvalue weighted by Crippen LogP contribution is -2.03. The maximum Gasteiger partial charge on any atom is 0.0355 e. The summed E-state index contributed by atoms with van der Waals surface area (Å²) in [6.07, 6.45) is 23.4. The van der Waals surface area contributed by atoms with Crippen LogP contribution in [0.3, 0.4) is 0 Å². The number of hydrogen-bond acceptors (Lipinski definition) is 1. The molecule has 1 aromatic heterocycles. The standard InChI is InChI=1S/C36H38.C13H10S.3C2H6/c1-8-12-16-33-24-31(10-3)28(7)22-34(33)25-32(11-4)30(9-2)21-20-29-19-18-27(6)36(23-29)35-17-14-13-15-26(35)5;1-9-6-7-13-11(8-9)10-4-2-3-5-12(10)14-13;3*1-2/h8-25,28H,1,4H2,2-3,5-7H3;2-8H,1H3;3*1-2H3/b16-12-,21-20+,30-9+,31-10-,32-25+;;;;. The average Bonchev–Trinajstić information content (AvgIpc) is 3.61. The lowest BCUT2D eigenvalue weighted by Gasteiger charge is -2.19. The molecular weight excluding hydrogens is 693 g/mol. The Morgan fingerprint density at radius 1 is 0.661 bits per heavy atom. The molecule has 1 aliphatic carbocycles. The van der Waals surface area contributed by atoms with Gasteiger partial charge in [0.05, 0.1) is 0 Å². The van der Waals surface area contributed by atoms with Crippen LogP contribution in [0.15, 0.2) is 187 Å². The zero-order valence-electron chi connectivity index (χ0n) is 36.3. The largest absolute Gasteiger partial charge is 0.135 e. The third-order valence-electron chi connectivity index (χ3n) is 9.22. The van der Waals surface area contributed by atoms with Crippen LogP contribution in [-0.2, 0) is 0 Å². The third kappa shape index (κ3) is 12.7. The predicted octanol–water partition coefficient (Wildman–Crippen LogP) is 17.7. The second kappa shape index (κ2) is 25.0. The van der Waals surface area contributed by atoms with E-state index in [0.717, 1.165) is 11.1 Å². The van der Waals surface area contributed by atoms with Gasteiger partial charge in [0.1, 0.15) is 0 Å². The molecule has 292 valence electrons. The Kier molecular flexibility index (Phi) is 21.0. The second-order valence-corrected chi connectivity index (χ2v) is 13.8. The predicted molar refractivity (Wildman–Crippen MR) is 259 cm³/mol. The van der Waals surface area contributed by atoms with Crippen molar-refractivity contribution in [2.24, 2.45) is 5.92 Å². The van der Waals surface area contributed by atoms with Crippen molar-refractivity contribution in [1.82, 2.24) is 0 Å². The smallest absolute Gasteiger partial charge is 0.0355 e. The van der Waals surface area contributed by atoms with Gasteiger partial charge in [-0.1, -0.05) is 189 Å². The molecule has 0 bridgehead atoms. The Balaban J connectivity index is 0.000000444. The van der Waals surface area contributed by atoms with Crippen LogP contribution in [0, 0.1) is 26.7 Å². The van der Waals surface area contributed by atoms with Crippen LogP contribution in [0.1, 0.15) is 84.6 Å². The molecule has 6 rings (SSSR count). The molecule has 0 nitrogen and oxygen atoms in total. The van der Waals surface area contributed by atoms with E-state index in [4.69, 9.17) is 0 Å². The highest BCUT2D eigenvalue weighted by molar-refractivity contribution is 7.25. The van der Waals surface area contributed by atoms with Crippen molar-refractivity contribution in [3.05, 3.63) is 209 Å². The van der Waals surface area contributed by atoms with E-state index in [1.807, 2.05) is 71.1 Å². The number of thiophene rings is 1. The summed E-state index contributed by atoms with van der Waals surface area (Å²) in [6, 6.07) is 30.5. The van der Waals surface area contributed by atoms with Crippen LogP contribution in [0.4, 0.5) is 0 Å². The van der Waals surface area contributed by atoms with Gasteiger partial charge in [0, 0.05) is 20.2 Å². The lowest BCUT2D eigenvalue weighted by atomic mass is 9.85. The van der Waals surface area contributed by atoms with Gasteiger partial charge >= 0.3 is 0 Å². The highest BCUT2D eigenvalue weighted by Crippen LogP contribution is 2.34. The van der Waals surface area contributed by atoms with Gasteiger partial charge in [0.15, 0.2) is 0 Å². The highest BCUT2D eigenvalue weighted by atomic mass is 32.1. The maximum absolute atomic E-state index is 4.13. The molecule has 0 saturated carbocycles. The fourth-order valence-corrected chi connectivity index (χ4v) is 7.46. The van der Waals surface area contributed by atoms with Crippen molar-refractivity contribution < 1.29 is 0 Å². The van der Waals surface area contributed by atoms with E-state index in [-0.39, 0.29) is 0 Å². The molecule has 1 heteroatoms. The minimum absolute atomic E-state index is 0.366. The van der Waals surface area contributed by atoms with Gasteiger partial charge in [-0.3, -0.25) is 0 Å². The van der Waals surface area contributed by atoms with E-state index in [0.29, 0.717) is 5.92 Å². The summed E-state index contributed by atoms with van der Waals surface area (Å²) in [5.41, 5.74) is 13.6. The highest BCUT2D eigenvalue weighted by Gasteiger charge is 2.14. The topological polar surface area (TPSA) is 0 Å². The van der Waals surface area contributed by atoms with Gasteiger partial charge in [0.25, 0.3) is 0 Å². The summed E-state index contributed by atoms with van der Waals surface area (Å²) in [7, 11) is 0. The van der Waals surface area contributed by atoms with Crippen LogP contribution >= 0.6 is 11.3 Å². The molecule has 0 spiro atoms. The molecule has 0 fully saturated rings. The molecule has 0 amide bonds. The summed E-state index contributed by atoms with van der Waals surface area (Å²) in [5.74, 6) is 0.366. The molecule has 0 saturated heterocycles. The van der Waals surface area contributed by atoms with Gasteiger partial charge in [0.2, 0.25) is 0 Å². The fourth-order valence-electron chi connectivity index (χ4n) is 6.37. The van der Waals surface area contributed by atoms with Crippen molar-refractivity contribution in [3.63, 3.8) is 0 Å². The average molecular weight is 759 g/mol. The minimum atomic E-state index is 0.366. The Bertz CT molecular complexity index is 2250. The SMILES string of the molecule is C=C/C=C\C1=CC(=C/C)/C(C)C=C1/C=C(C=C)/C(/C=C/c1ccc(C)c(-c2ccccc2C)c1)=C/C.CC.CC.CC.Cc1ccc2sc3ccccc3c2c1. The molecule has 4 aromatic carbocycles. The van der Waals surface area contributed by atoms with Gasteiger partial charge in [-0.15, -0.1) is 11.3 Å². The molecular formula is C55H66S. The third-order valence-corrected chi connectivity index (χ3v) is 10.4. The number of rotatable bonds is 8. The van der Waals surface area contributed by atoms with Gasteiger partial charge < -0.3 is 0 Å². The molecule has 1 aliphatic rings. The van der Waals surface area contributed by atoms with Crippen molar-refractivity contribution >= 4 is 37.6 Å².